The van der Waals surface area contributed by atoms with Gasteiger partial charge in [0.2, 0.25) is 12.1 Å². The van der Waals surface area contributed by atoms with Crippen LogP contribution in [0.1, 0.15) is 27.7 Å². The van der Waals surface area contributed by atoms with E-state index in [1.165, 1.54) is 6.92 Å². The number of hydrogen-bond donors (Lipinski definition) is 0. The largest absolute Gasteiger partial charge is 0.444 e. The zero-order valence-corrected chi connectivity index (χ0v) is 14.5. The molecule has 3 rings (SSSR count). The van der Waals surface area contributed by atoms with Crippen LogP contribution in [-0.4, -0.2) is 71.4 Å². The standard InChI is InChI=1S/C16H23FN4O3/c1-9-12(17)13(22)19-14(18-9)20-5-10-7-21(8-11(10)6-20)15(23)24-16(2,3)4/h10-12H,5-8H2,1-4H3. The Kier molecular flexibility index (Phi) is 4.09. The first kappa shape index (κ1) is 16.9. The number of fused-ring (bicyclic) bond motifs is 1. The van der Waals surface area contributed by atoms with Crippen molar-refractivity contribution in [3.63, 3.8) is 0 Å². The molecule has 0 spiro atoms. The van der Waals surface area contributed by atoms with Crippen molar-refractivity contribution in [2.45, 2.75) is 39.5 Å². The normalized spacial score (nSPS) is 30.2. The Labute approximate surface area is 140 Å². The molecule has 3 atom stereocenters. The summed E-state index contributed by atoms with van der Waals surface area (Å²) >= 11 is 0. The van der Waals surface area contributed by atoms with Gasteiger partial charge in [0.1, 0.15) is 5.60 Å². The number of halogens is 1. The van der Waals surface area contributed by atoms with E-state index in [2.05, 4.69) is 9.98 Å². The number of carbonyl (C=O) groups is 2. The Balaban J connectivity index is 1.61. The summed E-state index contributed by atoms with van der Waals surface area (Å²) in [6.45, 7) is 9.59. The fourth-order valence-corrected chi connectivity index (χ4v) is 3.35. The van der Waals surface area contributed by atoms with Crippen molar-refractivity contribution in [1.29, 1.82) is 0 Å². The molecule has 0 aliphatic carbocycles. The highest BCUT2D eigenvalue weighted by Crippen LogP contribution is 2.32. The Morgan fingerprint density at radius 1 is 1.17 bits per heavy atom. The quantitative estimate of drug-likeness (QED) is 0.670. The molecule has 0 aromatic heterocycles. The second-order valence-corrected chi connectivity index (χ2v) is 7.68. The fraction of sp³-hybridized carbons (Fsp3) is 0.750. The van der Waals surface area contributed by atoms with Crippen LogP contribution in [-0.2, 0) is 9.53 Å². The van der Waals surface area contributed by atoms with Gasteiger partial charge in [0, 0.05) is 38.0 Å². The van der Waals surface area contributed by atoms with Crippen molar-refractivity contribution in [1.82, 2.24) is 9.80 Å². The van der Waals surface area contributed by atoms with Crippen LogP contribution in [0.2, 0.25) is 0 Å². The summed E-state index contributed by atoms with van der Waals surface area (Å²) in [6, 6.07) is 0. The fourth-order valence-electron chi connectivity index (χ4n) is 3.35. The summed E-state index contributed by atoms with van der Waals surface area (Å²) < 4.78 is 18.9. The summed E-state index contributed by atoms with van der Waals surface area (Å²) in [4.78, 5) is 35.2. The molecule has 2 amide bonds. The number of carbonyl (C=O) groups excluding carboxylic acids is 2. The highest BCUT2D eigenvalue weighted by molar-refractivity contribution is 6.16. The van der Waals surface area contributed by atoms with Crippen LogP contribution in [0.3, 0.4) is 0 Å². The maximum Gasteiger partial charge on any atom is 0.410 e. The molecule has 0 aromatic carbocycles. The first-order chi connectivity index (χ1) is 11.1. The Bertz CT molecular complexity index is 611. The molecule has 0 saturated carbocycles. The van der Waals surface area contributed by atoms with Crippen molar-refractivity contribution in [3.05, 3.63) is 0 Å². The minimum atomic E-state index is -1.72. The molecule has 3 unspecified atom stereocenters. The van der Waals surface area contributed by atoms with Gasteiger partial charge in [-0.1, -0.05) is 0 Å². The number of hydrogen-bond acceptors (Lipinski definition) is 5. The maximum absolute atomic E-state index is 13.5. The minimum Gasteiger partial charge on any atom is -0.444 e. The second kappa shape index (κ2) is 5.82. The molecule has 2 saturated heterocycles. The first-order valence-corrected chi connectivity index (χ1v) is 8.18. The van der Waals surface area contributed by atoms with Gasteiger partial charge >= 0.3 is 6.09 Å². The molecule has 24 heavy (non-hydrogen) atoms. The van der Waals surface area contributed by atoms with Crippen molar-refractivity contribution < 1.29 is 18.7 Å². The van der Waals surface area contributed by atoms with Gasteiger partial charge in [-0.2, -0.15) is 4.99 Å². The number of rotatable bonds is 0. The van der Waals surface area contributed by atoms with Gasteiger partial charge in [0.15, 0.2) is 0 Å². The van der Waals surface area contributed by atoms with Crippen LogP contribution in [0.4, 0.5) is 9.18 Å². The summed E-state index contributed by atoms with van der Waals surface area (Å²) in [6.07, 6.45) is -2.01. The topological polar surface area (TPSA) is 74.6 Å². The van der Waals surface area contributed by atoms with Gasteiger partial charge in [-0.25, -0.2) is 14.2 Å². The molecule has 7 nitrogen and oxygen atoms in total. The van der Waals surface area contributed by atoms with Crippen LogP contribution in [0.15, 0.2) is 9.98 Å². The van der Waals surface area contributed by atoms with Crippen LogP contribution in [0.5, 0.6) is 0 Å². The average molecular weight is 338 g/mol. The van der Waals surface area contributed by atoms with Crippen molar-refractivity contribution >= 4 is 23.7 Å². The molecule has 2 fully saturated rings. The van der Waals surface area contributed by atoms with E-state index < -0.39 is 17.7 Å². The highest BCUT2D eigenvalue weighted by Gasteiger charge is 2.44. The Morgan fingerprint density at radius 3 is 2.25 bits per heavy atom. The van der Waals surface area contributed by atoms with E-state index in [0.717, 1.165) is 0 Å². The third-order valence-corrected chi connectivity index (χ3v) is 4.49. The van der Waals surface area contributed by atoms with Gasteiger partial charge in [0.05, 0.1) is 5.71 Å². The number of amides is 2. The Morgan fingerprint density at radius 2 is 1.75 bits per heavy atom. The van der Waals surface area contributed by atoms with E-state index in [0.29, 0.717) is 32.1 Å². The molecule has 0 radical (unpaired) electrons. The number of nitrogens with zero attached hydrogens (tertiary/aromatic N) is 4. The van der Waals surface area contributed by atoms with Crippen LogP contribution >= 0.6 is 0 Å². The SMILES string of the molecule is CC1=NC(N2CC3CN(C(=O)OC(C)(C)C)CC3C2)=NC(=O)C1F. The number of guanidine groups is 1. The molecule has 132 valence electrons. The number of ether oxygens (including phenoxy) is 1. The van der Waals surface area contributed by atoms with Crippen molar-refractivity contribution in [2.75, 3.05) is 26.2 Å². The van der Waals surface area contributed by atoms with E-state index in [1.807, 2.05) is 25.7 Å². The third-order valence-electron chi connectivity index (χ3n) is 4.49. The number of alkyl halides is 1. The first-order valence-electron chi connectivity index (χ1n) is 8.18. The van der Waals surface area contributed by atoms with Crippen LogP contribution < -0.4 is 0 Å². The molecular formula is C16H23FN4O3. The summed E-state index contributed by atoms with van der Waals surface area (Å²) in [5, 5.41) is 0. The number of aliphatic imine (C=N–C) groups is 2. The lowest BCUT2D eigenvalue weighted by Gasteiger charge is -2.26. The van der Waals surface area contributed by atoms with Crippen molar-refractivity contribution in [2.24, 2.45) is 21.8 Å². The zero-order chi connectivity index (χ0) is 17.6. The van der Waals surface area contributed by atoms with Crippen molar-refractivity contribution in [3.8, 4) is 0 Å². The minimum absolute atomic E-state index is 0.150. The van der Waals surface area contributed by atoms with E-state index in [1.54, 1.807) is 4.90 Å². The van der Waals surface area contributed by atoms with Gasteiger partial charge in [0.25, 0.3) is 5.91 Å². The molecule has 0 aromatic rings. The molecule has 8 heteroatoms. The van der Waals surface area contributed by atoms with E-state index in [-0.39, 0.29) is 23.6 Å². The predicted molar refractivity (Wildman–Crippen MR) is 86.8 cm³/mol. The molecule has 0 bridgehead atoms. The maximum atomic E-state index is 13.5. The van der Waals surface area contributed by atoms with Crippen LogP contribution in [0, 0.1) is 11.8 Å². The van der Waals surface area contributed by atoms with Gasteiger partial charge in [-0.3, -0.25) is 4.79 Å². The van der Waals surface area contributed by atoms with E-state index in [4.69, 9.17) is 4.74 Å². The third kappa shape index (κ3) is 3.27. The van der Waals surface area contributed by atoms with E-state index in [9.17, 15) is 14.0 Å². The van der Waals surface area contributed by atoms with Gasteiger partial charge < -0.3 is 14.5 Å². The lowest BCUT2D eigenvalue weighted by Crippen LogP contribution is -2.40. The lowest BCUT2D eigenvalue weighted by atomic mass is 10.0. The monoisotopic (exact) mass is 338 g/mol. The summed E-state index contributed by atoms with van der Waals surface area (Å²) in [7, 11) is 0. The molecule has 3 aliphatic rings. The second-order valence-electron chi connectivity index (χ2n) is 7.68. The summed E-state index contributed by atoms with van der Waals surface area (Å²) in [5.41, 5.74) is -0.356. The molecule has 3 heterocycles. The van der Waals surface area contributed by atoms with Crippen LogP contribution in [0.25, 0.3) is 0 Å². The van der Waals surface area contributed by atoms with Gasteiger partial charge in [-0.15, -0.1) is 0 Å². The highest BCUT2D eigenvalue weighted by atomic mass is 19.1. The average Bonchev–Trinajstić information content (AvgIpc) is 3.00. The molecular weight excluding hydrogens is 315 g/mol. The van der Waals surface area contributed by atoms with E-state index >= 15 is 0 Å². The van der Waals surface area contributed by atoms with Gasteiger partial charge in [-0.05, 0) is 27.7 Å². The summed E-state index contributed by atoms with van der Waals surface area (Å²) in [5.74, 6) is 0.0809. The lowest BCUT2D eigenvalue weighted by molar-refractivity contribution is -0.120. The smallest absolute Gasteiger partial charge is 0.410 e. The predicted octanol–water partition coefficient (Wildman–Crippen LogP) is 1.48. The molecule has 0 N–H and O–H groups in total. The zero-order valence-electron chi connectivity index (χ0n) is 14.5. The number of likely N-dealkylation sites (tertiary alicyclic amines) is 2. The molecule has 3 aliphatic heterocycles. The Hall–Kier alpha value is -1.99.